The van der Waals surface area contributed by atoms with Gasteiger partial charge < -0.3 is 15.0 Å². The Kier molecular flexibility index (Phi) is 5.05. The summed E-state index contributed by atoms with van der Waals surface area (Å²) in [6.45, 7) is 1.65. The number of thiazole rings is 1. The van der Waals surface area contributed by atoms with E-state index in [0.717, 1.165) is 35.7 Å². The standard InChI is InChI=1S/C20H19N7O4S/c1-31-18(29)12-4-6-13(7-5-12)22-14(28)10-27-20(30)26-11-21-16-15(17(26)24-27)32-19(23-16)25-8-2-3-9-25/h4-7,11H,2-3,8-10H2,1H3,(H,22,28). The van der Waals surface area contributed by atoms with E-state index in [1.165, 1.54) is 29.2 Å². The number of methoxy groups -OCH3 is 1. The van der Waals surface area contributed by atoms with E-state index in [0.29, 0.717) is 27.2 Å². The van der Waals surface area contributed by atoms with E-state index in [4.69, 9.17) is 0 Å². The molecule has 1 aliphatic heterocycles. The van der Waals surface area contributed by atoms with Crippen LogP contribution in [0.1, 0.15) is 23.2 Å². The number of nitrogens with zero attached hydrogens (tertiary/aromatic N) is 6. The summed E-state index contributed by atoms with van der Waals surface area (Å²) in [5.41, 5.74) is 1.37. The van der Waals surface area contributed by atoms with Crippen molar-refractivity contribution < 1.29 is 14.3 Å². The smallest absolute Gasteiger partial charge is 0.352 e. The molecule has 5 rings (SSSR count). The number of fused-ring (bicyclic) bond motifs is 3. The highest BCUT2D eigenvalue weighted by Gasteiger charge is 2.20. The third-order valence-corrected chi connectivity index (χ3v) is 6.33. The number of carbonyl (C=O) groups is 2. The number of amides is 1. The first-order valence-electron chi connectivity index (χ1n) is 10.0. The molecule has 1 aromatic carbocycles. The Morgan fingerprint density at radius 1 is 1.19 bits per heavy atom. The Hall–Kier alpha value is -3.80. The normalized spacial score (nSPS) is 13.7. The molecule has 1 amide bonds. The molecule has 1 fully saturated rings. The van der Waals surface area contributed by atoms with Gasteiger partial charge in [0, 0.05) is 18.8 Å². The zero-order chi connectivity index (χ0) is 22.2. The molecule has 11 nitrogen and oxygen atoms in total. The fraction of sp³-hybridized carbons (Fsp3) is 0.300. The molecular formula is C20H19N7O4S. The van der Waals surface area contributed by atoms with Gasteiger partial charge in [-0.25, -0.2) is 23.7 Å². The van der Waals surface area contributed by atoms with Crippen molar-refractivity contribution in [1.29, 1.82) is 0 Å². The molecule has 0 aliphatic carbocycles. The van der Waals surface area contributed by atoms with E-state index in [9.17, 15) is 14.4 Å². The van der Waals surface area contributed by atoms with Crippen LogP contribution in [-0.2, 0) is 16.1 Å². The SMILES string of the molecule is COC(=O)c1ccc(NC(=O)Cn2nc3c4sc(N5CCCC5)nc4ncn3c2=O)cc1. The molecule has 164 valence electrons. The highest BCUT2D eigenvalue weighted by molar-refractivity contribution is 7.22. The van der Waals surface area contributed by atoms with Crippen molar-refractivity contribution in [3.05, 3.63) is 46.6 Å². The van der Waals surface area contributed by atoms with Crippen LogP contribution in [0, 0.1) is 0 Å². The fourth-order valence-corrected chi connectivity index (χ4v) is 4.66. The summed E-state index contributed by atoms with van der Waals surface area (Å²) in [5, 5.41) is 7.93. The average Bonchev–Trinajstić information content (AvgIpc) is 3.53. The Balaban J connectivity index is 1.38. The number of hydrogen-bond acceptors (Lipinski definition) is 9. The van der Waals surface area contributed by atoms with Crippen molar-refractivity contribution in [1.82, 2.24) is 24.1 Å². The minimum Gasteiger partial charge on any atom is -0.465 e. The Bertz CT molecular complexity index is 1380. The number of anilines is 2. The maximum Gasteiger partial charge on any atom is 0.352 e. The van der Waals surface area contributed by atoms with Crippen molar-refractivity contribution in [2.24, 2.45) is 0 Å². The van der Waals surface area contributed by atoms with Crippen LogP contribution < -0.4 is 15.9 Å². The molecule has 0 saturated carbocycles. The number of benzene rings is 1. The van der Waals surface area contributed by atoms with Gasteiger partial charge in [-0.15, -0.1) is 5.10 Å². The lowest BCUT2D eigenvalue weighted by Crippen LogP contribution is -2.28. The maximum absolute atomic E-state index is 12.7. The number of rotatable bonds is 5. The first-order valence-corrected chi connectivity index (χ1v) is 10.8. The molecule has 4 aromatic rings. The lowest BCUT2D eigenvalue weighted by Gasteiger charge is -2.11. The number of ether oxygens (including phenoxy) is 1. The molecule has 1 aliphatic rings. The summed E-state index contributed by atoms with van der Waals surface area (Å²) in [6, 6.07) is 6.26. The second kappa shape index (κ2) is 8.04. The van der Waals surface area contributed by atoms with Crippen LogP contribution in [0.5, 0.6) is 0 Å². The van der Waals surface area contributed by atoms with Gasteiger partial charge in [-0.3, -0.25) is 4.79 Å². The van der Waals surface area contributed by atoms with Crippen LogP contribution in [0.4, 0.5) is 10.8 Å². The Labute approximate surface area is 185 Å². The van der Waals surface area contributed by atoms with Gasteiger partial charge in [-0.1, -0.05) is 11.3 Å². The largest absolute Gasteiger partial charge is 0.465 e. The van der Waals surface area contributed by atoms with E-state index >= 15 is 0 Å². The van der Waals surface area contributed by atoms with Gasteiger partial charge in [0.25, 0.3) is 0 Å². The number of hydrogen-bond donors (Lipinski definition) is 1. The minimum atomic E-state index is -0.463. The number of aromatic nitrogens is 5. The van der Waals surface area contributed by atoms with Crippen LogP contribution in [0.25, 0.3) is 16.0 Å². The molecule has 0 atom stereocenters. The second-order valence-electron chi connectivity index (χ2n) is 7.34. The lowest BCUT2D eigenvalue weighted by atomic mass is 10.2. The first kappa shape index (κ1) is 20.1. The molecule has 0 bridgehead atoms. The van der Waals surface area contributed by atoms with Gasteiger partial charge in [0.15, 0.2) is 16.4 Å². The van der Waals surface area contributed by atoms with E-state index in [-0.39, 0.29) is 6.54 Å². The highest BCUT2D eigenvalue weighted by Crippen LogP contribution is 2.31. The number of esters is 1. The summed E-state index contributed by atoms with van der Waals surface area (Å²) >= 11 is 1.45. The predicted molar refractivity (Wildman–Crippen MR) is 118 cm³/mol. The molecule has 1 N–H and O–H groups in total. The average molecular weight is 453 g/mol. The van der Waals surface area contributed by atoms with Crippen molar-refractivity contribution in [3.8, 4) is 0 Å². The second-order valence-corrected chi connectivity index (χ2v) is 8.32. The van der Waals surface area contributed by atoms with Crippen LogP contribution >= 0.6 is 11.3 Å². The van der Waals surface area contributed by atoms with E-state index in [1.807, 2.05) is 0 Å². The molecule has 1 saturated heterocycles. The molecule has 32 heavy (non-hydrogen) atoms. The third-order valence-electron chi connectivity index (χ3n) is 5.23. The molecule has 0 unspecified atom stereocenters. The molecule has 12 heteroatoms. The molecule has 0 radical (unpaired) electrons. The monoisotopic (exact) mass is 453 g/mol. The van der Waals surface area contributed by atoms with Crippen LogP contribution in [-0.4, -0.2) is 56.2 Å². The predicted octanol–water partition coefficient (Wildman–Crippen LogP) is 1.53. The Morgan fingerprint density at radius 3 is 2.66 bits per heavy atom. The summed E-state index contributed by atoms with van der Waals surface area (Å²) in [4.78, 5) is 47.8. The van der Waals surface area contributed by atoms with Crippen LogP contribution in [0.3, 0.4) is 0 Å². The third kappa shape index (κ3) is 3.58. The zero-order valence-electron chi connectivity index (χ0n) is 17.1. The van der Waals surface area contributed by atoms with Crippen molar-refractivity contribution >= 4 is 50.0 Å². The summed E-state index contributed by atoms with van der Waals surface area (Å²) < 4.78 is 7.79. The topological polar surface area (TPSA) is 124 Å². The van der Waals surface area contributed by atoms with Gasteiger partial charge in [-0.2, -0.15) is 4.98 Å². The van der Waals surface area contributed by atoms with Gasteiger partial charge >= 0.3 is 11.7 Å². The van der Waals surface area contributed by atoms with Crippen molar-refractivity contribution in [2.75, 3.05) is 30.4 Å². The van der Waals surface area contributed by atoms with E-state index in [1.54, 1.807) is 24.3 Å². The van der Waals surface area contributed by atoms with Crippen LogP contribution in [0.15, 0.2) is 35.4 Å². The minimum absolute atomic E-state index is 0.265. The van der Waals surface area contributed by atoms with Gasteiger partial charge in [-0.05, 0) is 37.1 Å². The molecule has 0 spiro atoms. The maximum atomic E-state index is 12.7. The van der Waals surface area contributed by atoms with Crippen LogP contribution in [0.2, 0.25) is 0 Å². The highest BCUT2D eigenvalue weighted by atomic mass is 32.1. The quantitative estimate of drug-likeness (QED) is 0.451. The number of nitrogens with one attached hydrogen (secondary N) is 1. The summed E-state index contributed by atoms with van der Waals surface area (Å²) in [6.07, 6.45) is 3.65. The van der Waals surface area contributed by atoms with Crippen molar-refractivity contribution in [3.63, 3.8) is 0 Å². The van der Waals surface area contributed by atoms with E-state index < -0.39 is 17.6 Å². The summed E-state index contributed by atoms with van der Waals surface area (Å²) in [5.74, 6) is -0.886. The summed E-state index contributed by atoms with van der Waals surface area (Å²) in [7, 11) is 1.30. The van der Waals surface area contributed by atoms with Gasteiger partial charge in [0.1, 0.15) is 17.6 Å². The molecule has 4 heterocycles. The van der Waals surface area contributed by atoms with Gasteiger partial charge in [0.2, 0.25) is 5.91 Å². The Morgan fingerprint density at radius 2 is 1.94 bits per heavy atom. The molecule has 3 aromatic heterocycles. The zero-order valence-corrected chi connectivity index (χ0v) is 18.0. The van der Waals surface area contributed by atoms with Gasteiger partial charge in [0.05, 0.1) is 12.7 Å². The van der Waals surface area contributed by atoms with E-state index in [2.05, 4.69) is 30.0 Å². The molecular weight excluding hydrogens is 434 g/mol. The first-order chi connectivity index (χ1) is 15.5. The fourth-order valence-electron chi connectivity index (χ4n) is 3.62. The van der Waals surface area contributed by atoms with Crippen molar-refractivity contribution in [2.45, 2.75) is 19.4 Å². The lowest BCUT2D eigenvalue weighted by molar-refractivity contribution is -0.117. The number of carbonyl (C=O) groups excluding carboxylic acids is 2.